The minimum atomic E-state index is -0.522. The highest BCUT2D eigenvalue weighted by atomic mass is 16.5. The monoisotopic (exact) mass is 434 g/mol. The molecular formula is C24H26N4O4. The molecule has 1 aliphatic rings. The molecule has 32 heavy (non-hydrogen) atoms. The highest BCUT2D eigenvalue weighted by Crippen LogP contribution is 2.30. The van der Waals surface area contributed by atoms with Crippen molar-refractivity contribution in [1.82, 2.24) is 20.4 Å². The molecule has 1 atom stereocenters. The number of likely N-dealkylation sites (tertiary alicyclic amines) is 1. The third kappa shape index (κ3) is 4.80. The maximum absolute atomic E-state index is 13.2. The Labute approximate surface area is 186 Å². The third-order valence-electron chi connectivity index (χ3n) is 5.57. The summed E-state index contributed by atoms with van der Waals surface area (Å²) in [5, 5.41) is 6.93. The lowest BCUT2D eigenvalue weighted by atomic mass is 10.0. The standard InChI is InChI=1S/C24H26N4O4/c1-31-21-11-3-2-9-18(21)22-16-19(27-32-22)24(30)28-15-7-5-10-20(28)23(29)26-14-12-17-8-4-6-13-25-17/h2-4,6,8-9,11,13,16,20H,5,7,10,12,14-15H2,1H3,(H,26,29). The molecule has 2 aromatic heterocycles. The van der Waals surface area contributed by atoms with Gasteiger partial charge in [-0.25, -0.2) is 0 Å². The number of benzene rings is 1. The Hall–Kier alpha value is -3.68. The fourth-order valence-corrected chi connectivity index (χ4v) is 3.92. The van der Waals surface area contributed by atoms with Crippen LogP contribution in [0.4, 0.5) is 0 Å². The second-order valence-corrected chi connectivity index (χ2v) is 7.65. The molecule has 1 fully saturated rings. The van der Waals surface area contributed by atoms with Crippen LogP contribution in [0.25, 0.3) is 11.3 Å². The third-order valence-corrected chi connectivity index (χ3v) is 5.57. The number of hydrogen-bond donors (Lipinski definition) is 1. The summed E-state index contributed by atoms with van der Waals surface area (Å²) in [6, 6.07) is 14.2. The van der Waals surface area contributed by atoms with Crippen LogP contribution in [0.15, 0.2) is 59.3 Å². The smallest absolute Gasteiger partial charge is 0.276 e. The van der Waals surface area contributed by atoms with Crippen molar-refractivity contribution in [3.05, 3.63) is 66.1 Å². The largest absolute Gasteiger partial charge is 0.496 e. The number of methoxy groups -OCH3 is 1. The Morgan fingerprint density at radius 2 is 2.03 bits per heavy atom. The zero-order valence-electron chi connectivity index (χ0n) is 18.0. The van der Waals surface area contributed by atoms with Crippen LogP contribution in [0, 0.1) is 0 Å². The molecule has 166 valence electrons. The van der Waals surface area contributed by atoms with Crippen molar-refractivity contribution in [2.75, 3.05) is 20.2 Å². The van der Waals surface area contributed by atoms with E-state index >= 15 is 0 Å². The van der Waals surface area contributed by atoms with Crippen LogP contribution >= 0.6 is 0 Å². The number of rotatable bonds is 7. The molecule has 0 bridgehead atoms. The van der Waals surface area contributed by atoms with E-state index in [0.717, 1.165) is 18.5 Å². The Bertz CT molecular complexity index is 1070. The van der Waals surface area contributed by atoms with Crippen molar-refractivity contribution in [3.63, 3.8) is 0 Å². The molecule has 1 unspecified atom stereocenters. The predicted octanol–water partition coefficient (Wildman–Crippen LogP) is 3.10. The van der Waals surface area contributed by atoms with Gasteiger partial charge in [0.15, 0.2) is 11.5 Å². The van der Waals surface area contributed by atoms with E-state index in [0.29, 0.717) is 43.0 Å². The second-order valence-electron chi connectivity index (χ2n) is 7.65. The molecule has 8 heteroatoms. The maximum atomic E-state index is 13.2. The van der Waals surface area contributed by atoms with Crippen molar-refractivity contribution in [2.24, 2.45) is 0 Å². The van der Waals surface area contributed by atoms with E-state index in [9.17, 15) is 9.59 Å². The Morgan fingerprint density at radius 1 is 1.19 bits per heavy atom. The first kappa shape index (κ1) is 21.5. The molecule has 8 nitrogen and oxygen atoms in total. The normalized spacial score (nSPS) is 15.9. The summed E-state index contributed by atoms with van der Waals surface area (Å²) < 4.78 is 10.8. The summed E-state index contributed by atoms with van der Waals surface area (Å²) in [6.07, 6.45) is 4.74. The van der Waals surface area contributed by atoms with Gasteiger partial charge < -0.3 is 19.5 Å². The van der Waals surface area contributed by atoms with E-state index in [1.807, 2.05) is 42.5 Å². The van der Waals surface area contributed by atoms with Gasteiger partial charge in [-0.2, -0.15) is 0 Å². The fourth-order valence-electron chi connectivity index (χ4n) is 3.92. The van der Waals surface area contributed by atoms with E-state index < -0.39 is 6.04 Å². The number of carbonyl (C=O) groups excluding carboxylic acids is 2. The quantitative estimate of drug-likeness (QED) is 0.614. The van der Waals surface area contributed by atoms with Crippen molar-refractivity contribution in [3.8, 4) is 17.1 Å². The van der Waals surface area contributed by atoms with E-state index in [4.69, 9.17) is 9.26 Å². The molecule has 3 heterocycles. The minimum Gasteiger partial charge on any atom is -0.496 e. The minimum absolute atomic E-state index is 0.151. The molecule has 1 aliphatic heterocycles. The Morgan fingerprint density at radius 3 is 2.84 bits per heavy atom. The maximum Gasteiger partial charge on any atom is 0.276 e. The number of nitrogens with zero attached hydrogens (tertiary/aromatic N) is 3. The van der Waals surface area contributed by atoms with Crippen LogP contribution in [-0.2, 0) is 11.2 Å². The molecule has 0 radical (unpaired) electrons. The first-order valence-corrected chi connectivity index (χ1v) is 10.8. The topological polar surface area (TPSA) is 97.6 Å². The molecule has 0 spiro atoms. The van der Waals surface area contributed by atoms with Crippen LogP contribution in [-0.4, -0.2) is 53.1 Å². The number of carbonyl (C=O) groups is 2. The van der Waals surface area contributed by atoms with Crippen LogP contribution in [0.5, 0.6) is 5.75 Å². The van der Waals surface area contributed by atoms with Gasteiger partial charge in [0.25, 0.3) is 5.91 Å². The van der Waals surface area contributed by atoms with Gasteiger partial charge in [0.2, 0.25) is 5.91 Å². The summed E-state index contributed by atoms with van der Waals surface area (Å²) in [6.45, 7) is 0.976. The molecule has 1 saturated heterocycles. The first-order chi connectivity index (χ1) is 15.7. The Balaban J connectivity index is 1.43. The number of hydrogen-bond acceptors (Lipinski definition) is 6. The van der Waals surface area contributed by atoms with Crippen LogP contribution in [0.3, 0.4) is 0 Å². The number of piperidine rings is 1. The highest BCUT2D eigenvalue weighted by Gasteiger charge is 2.34. The number of para-hydroxylation sites is 1. The summed E-state index contributed by atoms with van der Waals surface area (Å²) in [4.78, 5) is 31.9. The van der Waals surface area contributed by atoms with Gasteiger partial charge in [-0.1, -0.05) is 23.4 Å². The lowest BCUT2D eigenvalue weighted by Crippen LogP contribution is -2.52. The van der Waals surface area contributed by atoms with Crippen LogP contribution in [0.1, 0.15) is 35.4 Å². The van der Waals surface area contributed by atoms with Crippen molar-refractivity contribution >= 4 is 11.8 Å². The lowest BCUT2D eigenvalue weighted by molar-refractivity contribution is -0.126. The molecular weight excluding hydrogens is 408 g/mol. The van der Waals surface area contributed by atoms with Crippen molar-refractivity contribution in [1.29, 1.82) is 0 Å². The van der Waals surface area contributed by atoms with E-state index in [1.165, 1.54) is 0 Å². The fraction of sp³-hybridized carbons (Fsp3) is 0.333. The van der Waals surface area contributed by atoms with E-state index in [2.05, 4.69) is 15.5 Å². The number of aromatic nitrogens is 2. The molecule has 0 saturated carbocycles. The zero-order chi connectivity index (χ0) is 22.3. The Kier molecular flexibility index (Phi) is 6.79. The van der Waals surface area contributed by atoms with Crippen molar-refractivity contribution < 1.29 is 18.8 Å². The summed E-state index contributed by atoms with van der Waals surface area (Å²) in [5.41, 5.74) is 1.80. The first-order valence-electron chi connectivity index (χ1n) is 10.8. The SMILES string of the molecule is COc1ccccc1-c1cc(C(=O)N2CCCCC2C(=O)NCCc2ccccn2)no1. The van der Waals surface area contributed by atoms with Crippen molar-refractivity contribution in [2.45, 2.75) is 31.7 Å². The van der Waals surface area contributed by atoms with Gasteiger partial charge in [0.1, 0.15) is 11.8 Å². The molecule has 4 rings (SSSR count). The van der Waals surface area contributed by atoms with Gasteiger partial charge >= 0.3 is 0 Å². The summed E-state index contributed by atoms with van der Waals surface area (Å²) in [7, 11) is 1.58. The molecule has 2 amide bonds. The summed E-state index contributed by atoms with van der Waals surface area (Å²) in [5.74, 6) is 0.617. The predicted molar refractivity (Wildman–Crippen MR) is 118 cm³/mol. The molecule has 0 aliphatic carbocycles. The van der Waals surface area contributed by atoms with E-state index in [1.54, 1.807) is 24.3 Å². The van der Waals surface area contributed by atoms with Gasteiger partial charge in [-0.05, 0) is 43.5 Å². The van der Waals surface area contributed by atoms with Gasteiger partial charge in [0.05, 0.1) is 12.7 Å². The number of amides is 2. The highest BCUT2D eigenvalue weighted by molar-refractivity contribution is 5.97. The zero-order valence-corrected chi connectivity index (χ0v) is 18.0. The van der Waals surface area contributed by atoms with Crippen LogP contribution < -0.4 is 10.1 Å². The average molecular weight is 434 g/mol. The molecule has 1 N–H and O–H groups in total. The van der Waals surface area contributed by atoms with Gasteiger partial charge in [-0.3, -0.25) is 14.6 Å². The van der Waals surface area contributed by atoms with E-state index in [-0.39, 0.29) is 17.5 Å². The van der Waals surface area contributed by atoms with Crippen LogP contribution in [0.2, 0.25) is 0 Å². The van der Waals surface area contributed by atoms with Gasteiger partial charge in [-0.15, -0.1) is 0 Å². The second kappa shape index (κ2) is 10.1. The summed E-state index contributed by atoms with van der Waals surface area (Å²) >= 11 is 0. The number of pyridine rings is 1. The molecule has 1 aromatic carbocycles. The number of ether oxygens (including phenoxy) is 1. The lowest BCUT2D eigenvalue weighted by Gasteiger charge is -2.34. The average Bonchev–Trinajstić information content (AvgIpc) is 3.34. The number of nitrogens with one attached hydrogen (secondary N) is 1. The molecule has 3 aromatic rings. The van der Waals surface area contributed by atoms with Gasteiger partial charge in [0, 0.05) is 37.5 Å².